The Labute approximate surface area is 107 Å². The van der Waals surface area contributed by atoms with Crippen molar-refractivity contribution in [2.75, 3.05) is 33.2 Å². The Balaban J connectivity index is 1.76. The molecule has 0 spiro atoms. The van der Waals surface area contributed by atoms with Crippen molar-refractivity contribution in [2.45, 2.75) is 19.3 Å². The van der Waals surface area contributed by atoms with Crippen LogP contribution in [0.4, 0.5) is 0 Å². The lowest BCUT2D eigenvalue weighted by molar-refractivity contribution is 0.0777. The molecule has 1 aromatic rings. The van der Waals surface area contributed by atoms with Crippen LogP contribution in [0.5, 0.6) is 0 Å². The summed E-state index contributed by atoms with van der Waals surface area (Å²) in [5.74, 6) is 0.150. The van der Waals surface area contributed by atoms with E-state index in [4.69, 9.17) is 0 Å². The first kappa shape index (κ1) is 12.6. The van der Waals surface area contributed by atoms with Crippen molar-refractivity contribution in [1.82, 2.24) is 9.80 Å². The van der Waals surface area contributed by atoms with Crippen LogP contribution in [0.3, 0.4) is 0 Å². The molecule has 2 rings (SSSR count). The first-order valence-corrected chi connectivity index (χ1v) is 7.16. The van der Waals surface area contributed by atoms with Gasteiger partial charge in [-0.25, -0.2) is 0 Å². The molecule has 1 aliphatic rings. The summed E-state index contributed by atoms with van der Waals surface area (Å²) in [6.07, 6.45) is 3.98. The number of likely N-dealkylation sites (N-methyl/N-ethyl adjacent to an activating group) is 1. The van der Waals surface area contributed by atoms with Crippen LogP contribution >= 0.6 is 11.3 Å². The van der Waals surface area contributed by atoms with Crippen molar-refractivity contribution in [3.8, 4) is 0 Å². The summed E-state index contributed by atoms with van der Waals surface area (Å²) in [7, 11) is 1.89. The van der Waals surface area contributed by atoms with Crippen molar-refractivity contribution < 1.29 is 4.79 Å². The smallest absolute Gasteiger partial charge is 0.263 e. The second-order valence-electron chi connectivity index (χ2n) is 4.61. The third-order valence-corrected chi connectivity index (χ3v) is 4.14. The van der Waals surface area contributed by atoms with Crippen LogP contribution in [-0.4, -0.2) is 48.9 Å². The summed E-state index contributed by atoms with van der Waals surface area (Å²) in [5, 5.41) is 1.95. The Morgan fingerprint density at radius 1 is 1.41 bits per heavy atom. The lowest BCUT2D eigenvalue weighted by atomic mass is 10.1. The van der Waals surface area contributed by atoms with E-state index in [9.17, 15) is 4.79 Å². The molecule has 1 aliphatic heterocycles. The highest BCUT2D eigenvalue weighted by molar-refractivity contribution is 7.12. The normalized spacial score (nSPS) is 17.0. The van der Waals surface area contributed by atoms with Crippen LogP contribution in [-0.2, 0) is 0 Å². The number of hydrogen-bond acceptors (Lipinski definition) is 3. The van der Waals surface area contributed by atoms with Crippen LogP contribution in [0.1, 0.15) is 28.9 Å². The molecule has 1 fully saturated rings. The van der Waals surface area contributed by atoms with Gasteiger partial charge in [0.25, 0.3) is 5.91 Å². The summed E-state index contributed by atoms with van der Waals surface area (Å²) in [5.41, 5.74) is 0. The van der Waals surface area contributed by atoms with E-state index in [1.54, 1.807) is 0 Å². The summed E-state index contributed by atoms with van der Waals surface area (Å²) < 4.78 is 0. The number of likely N-dealkylation sites (tertiary alicyclic amines) is 1. The van der Waals surface area contributed by atoms with Gasteiger partial charge in [-0.15, -0.1) is 11.3 Å². The highest BCUT2D eigenvalue weighted by Crippen LogP contribution is 2.12. The number of nitrogens with zero attached hydrogens (tertiary/aromatic N) is 2. The molecule has 0 aliphatic carbocycles. The molecule has 1 aromatic heterocycles. The highest BCUT2D eigenvalue weighted by Gasteiger charge is 2.15. The molecule has 2 heterocycles. The Morgan fingerprint density at radius 3 is 2.82 bits per heavy atom. The molecular formula is C13H20N2OS. The van der Waals surface area contributed by atoms with E-state index in [0.717, 1.165) is 18.0 Å². The lowest BCUT2D eigenvalue weighted by Crippen LogP contribution is -2.38. The Morgan fingerprint density at radius 2 is 2.18 bits per heavy atom. The average molecular weight is 252 g/mol. The van der Waals surface area contributed by atoms with Crippen LogP contribution in [0.15, 0.2) is 17.5 Å². The monoisotopic (exact) mass is 252 g/mol. The van der Waals surface area contributed by atoms with Gasteiger partial charge in [0.15, 0.2) is 0 Å². The Bertz CT molecular complexity index is 344. The Hall–Kier alpha value is -0.870. The number of thiophene rings is 1. The topological polar surface area (TPSA) is 23.6 Å². The van der Waals surface area contributed by atoms with Crippen molar-refractivity contribution in [3.63, 3.8) is 0 Å². The molecule has 0 N–H and O–H groups in total. The minimum absolute atomic E-state index is 0.150. The summed E-state index contributed by atoms with van der Waals surface area (Å²) in [6, 6.07) is 3.82. The highest BCUT2D eigenvalue weighted by atomic mass is 32.1. The van der Waals surface area contributed by atoms with E-state index >= 15 is 0 Å². The van der Waals surface area contributed by atoms with Crippen molar-refractivity contribution >= 4 is 17.2 Å². The molecule has 94 valence electrons. The molecule has 0 unspecified atom stereocenters. The van der Waals surface area contributed by atoms with Crippen LogP contribution in [0, 0.1) is 0 Å². The molecular weight excluding hydrogens is 232 g/mol. The lowest BCUT2D eigenvalue weighted by Gasteiger charge is -2.28. The molecule has 0 atom stereocenters. The van der Waals surface area contributed by atoms with Gasteiger partial charge in [0.1, 0.15) is 0 Å². The predicted octanol–water partition coefficient (Wildman–Crippen LogP) is 2.31. The van der Waals surface area contributed by atoms with Gasteiger partial charge in [0.05, 0.1) is 4.88 Å². The largest absolute Gasteiger partial charge is 0.340 e. The van der Waals surface area contributed by atoms with Gasteiger partial charge in [-0.05, 0) is 37.4 Å². The molecule has 0 bridgehead atoms. The number of amides is 1. The second kappa shape index (κ2) is 6.17. The Kier molecular flexibility index (Phi) is 4.57. The average Bonchev–Trinajstić information content (AvgIpc) is 2.90. The summed E-state index contributed by atoms with van der Waals surface area (Å²) in [6.45, 7) is 4.23. The first-order valence-electron chi connectivity index (χ1n) is 6.29. The van der Waals surface area contributed by atoms with Crippen LogP contribution in [0.2, 0.25) is 0 Å². The summed E-state index contributed by atoms with van der Waals surface area (Å²) >= 11 is 1.52. The minimum atomic E-state index is 0.150. The molecule has 0 saturated carbocycles. The fourth-order valence-electron chi connectivity index (χ4n) is 2.16. The van der Waals surface area contributed by atoms with Crippen LogP contribution in [0.25, 0.3) is 0 Å². The molecule has 4 heteroatoms. The standard InChI is InChI=1S/C13H20N2OS/c1-14(13(16)12-6-5-11-17-12)9-10-15-7-3-2-4-8-15/h5-6,11H,2-4,7-10H2,1H3. The maximum atomic E-state index is 12.0. The first-order chi connectivity index (χ1) is 8.27. The van der Waals surface area contributed by atoms with Gasteiger partial charge in [-0.2, -0.15) is 0 Å². The zero-order valence-corrected chi connectivity index (χ0v) is 11.2. The number of rotatable bonds is 4. The van der Waals surface area contributed by atoms with Crippen LogP contribution < -0.4 is 0 Å². The molecule has 3 nitrogen and oxygen atoms in total. The van der Waals surface area contributed by atoms with Crippen molar-refractivity contribution in [1.29, 1.82) is 0 Å². The number of carbonyl (C=O) groups excluding carboxylic acids is 1. The molecule has 0 radical (unpaired) electrons. The van der Waals surface area contributed by atoms with Gasteiger partial charge < -0.3 is 9.80 Å². The number of hydrogen-bond donors (Lipinski definition) is 0. The predicted molar refractivity (Wildman–Crippen MR) is 71.6 cm³/mol. The van der Waals surface area contributed by atoms with E-state index in [1.165, 1.54) is 43.7 Å². The maximum absolute atomic E-state index is 12.0. The minimum Gasteiger partial charge on any atom is -0.340 e. The van der Waals surface area contributed by atoms with Gasteiger partial charge >= 0.3 is 0 Å². The quantitative estimate of drug-likeness (QED) is 0.821. The van der Waals surface area contributed by atoms with E-state index < -0.39 is 0 Å². The maximum Gasteiger partial charge on any atom is 0.263 e. The zero-order valence-electron chi connectivity index (χ0n) is 10.4. The zero-order chi connectivity index (χ0) is 12.1. The van der Waals surface area contributed by atoms with Crippen molar-refractivity contribution in [3.05, 3.63) is 22.4 Å². The van der Waals surface area contributed by atoms with Gasteiger partial charge in [-0.3, -0.25) is 4.79 Å². The van der Waals surface area contributed by atoms with Gasteiger partial charge in [-0.1, -0.05) is 12.5 Å². The van der Waals surface area contributed by atoms with Gasteiger partial charge in [0, 0.05) is 20.1 Å². The number of piperidine rings is 1. The molecule has 0 aromatic carbocycles. The third-order valence-electron chi connectivity index (χ3n) is 3.28. The molecule has 1 amide bonds. The summed E-state index contributed by atoms with van der Waals surface area (Å²) in [4.78, 5) is 17.1. The molecule has 17 heavy (non-hydrogen) atoms. The van der Waals surface area contributed by atoms with E-state index in [1.807, 2.05) is 29.5 Å². The van der Waals surface area contributed by atoms with Crippen molar-refractivity contribution in [2.24, 2.45) is 0 Å². The fraction of sp³-hybridized carbons (Fsp3) is 0.615. The second-order valence-corrected chi connectivity index (χ2v) is 5.55. The van der Waals surface area contributed by atoms with E-state index in [-0.39, 0.29) is 5.91 Å². The van der Waals surface area contributed by atoms with E-state index in [2.05, 4.69) is 4.90 Å². The SMILES string of the molecule is CN(CCN1CCCCC1)C(=O)c1cccs1. The fourth-order valence-corrected chi connectivity index (χ4v) is 2.88. The molecule has 1 saturated heterocycles. The third kappa shape index (κ3) is 3.54. The van der Waals surface area contributed by atoms with E-state index in [0.29, 0.717) is 0 Å². The number of carbonyl (C=O) groups is 1. The van der Waals surface area contributed by atoms with Gasteiger partial charge in [0.2, 0.25) is 0 Å².